The molecule has 6 nitrogen and oxygen atoms in total. The minimum absolute atomic E-state index is 0.0219. The van der Waals surface area contributed by atoms with E-state index in [0.29, 0.717) is 11.2 Å². The van der Waals surface area contributed by atoms with Crippen LogP contribution in [0.3, 0.4) is 0 Å². The number of aromatic amines is 1. The fraction of sp³-hybridized carbons (Fsp3) is 0.200. The fourth-order valence-electron chi connectivity index (χ4n) is 2.30. The van der Waals surface area contributed by atoms with Gasteiger partial charge < -0.3 is 4.74 Å². The van der Waals surface area contributed by atoms with E-state index in [1.54, 1.807) is 0 Å². The van der Waals surface area contributed by atoms with E-state index in [9.17, 15) is 4.79 Å². The summed E-state index contributed by atoms with van der Waals surface area (Å²) >= 11 is 5.66. The normalized spacial score (nSPS) is 9.55. The Morgan fingerprint density at radius 3 is 2.31 bits per heavy atom. The summed E-state index contributed by atoms with van der Waals surface area (Å²) in [5.74, 6) is 0.565. The van der Waals surface area contributed by atoms with Gasteiger partial charge in [0.2, 0.25) is 5.88 Å². The zero-order chi connectivity index (χ0) is 21.2. The number of hydrogen-bond donors (Lipinski definition) is 1. The first kappa shape index (κ1) is 22.6. The fourth-order valence-corrected chi connectivity index (χ4v) is 3.72. The van der Waals surface area contributed by atoms with Gasteiger partial charge in [-0.05, 0) is 49.6 Å². The van der Waals surface area contributed by atoms with Crippen LogP contribution in [-0.2, 0) is 0 Å². The third-order valence-electron chi connectivity index (χ3n) is 3.56. The number of H-pyrrole nitrogens is 1. The second-order valence-corrected chi connectivity index (χ2v) is 7.97. The number of nitrogens with one attached hydrogen (secondary N) is 1. The molecule has 0 aliphatic heterocycles. The molecule has 0 saturated carbocycles. The SMILES string of the molecule is Cc1ccc2s[nH]c(=O)c2c1.Cc1ccc2snc(OCC#N)c2c1.N#CCBr. The number of ether oxygens (including phenoxy) is 1. The quantitative estimate of drug-likeness (QED) is 0.385. The number of fused-ring (bicyclic) bond motifs is 2. The van der Waals surface area contributed by atoms with Crippen molar-refractivity contribution in [1.82, 2.24) is 8.75 Å². The van der Waals surface area contributed by atoms with Crippen molar-refractivity contribution in [3.05, 3.63) is 57.9 Å². The molecule has 29 heavy (non-hydrogen) atoms. The number of benzene rings is 2. The van der Waals surface area contributed by atoms with Gasteiger partial charge in [0.15, 0.2) is 6.61 Å². The smallest absolute Gasteiger partial charge is 0.265 e. The predicted molar refractivity (Wildman–Crippen MR) is 122 cm³/mol. The van der Waals surface area contributed by atoms with Crippen LogP contribution < -0.4 is 10.3 Å². The summed E-state index contributed by atoms with van der Waals surface area (Å²) in [5.41, 5.74) is 2.31. The Balaban J connectivity index is 0.000000179. The van der Waals surface area contributed by atoms with Gasteiger partial charge in [0.25, 0.3) is 5.56 Å². The molecule has 0 unspecified atom stereocenters. The van der Waals surface area contributed by atoms with Gasteiger partial charge in [0.1, 0.15) is 6.07 Å². The first-order valence-corrected chi connectivity index (χ1v) is 11.1. The Morgan fingerprint density at radius 1 is 1.07 bits per heavy atom. The molecule has 9 heteroatoms. The van der Waals surface area contributed by atoms with Gasteiger partial charge in [0, 0.05) is 0 Å². The second kappa shape index (κ2) is 11.3. The molecular weight excluding hydrogens is 472 g/mol. The van der Waals surface area contributed by atoms with Crippen LogP contribution in [0, 0.1) is 36.5 Å². The van der Waals surface area contributed by atoms with Crippen LogP contribution in [0.1, 0.15) is 11.1 Å². The Hall–Kier alpha value is -2.72. The maximum absolute atomic E-state index is 11.1. The number of aromatic nitrogens is 2. The highest BCUT2D eigenvalue weighted by Gasteiger charge is 2.06. The maximum Gasteiger partial charge on any atom is 0.265 e. The summed E-state index contributed by atoms with van der Waals surface area (Å²) in [5, 5.41) is 18.2. The number of aryl methyl sites for hydroxylation is 2. The van der Waals surface area contributed by atoms with Crippen LogP contribution in [0.15, 0.2) is 41.2 Å². The number of hydrogen-bond acceptors (Lipinski definition) is 7. The predicted octanol–water partition coefficient (Wildman–Crippen LogP) is 5.31. The Morgan fingerprint density at radius 2 is 1.69 bits per heavy atom. The summed E-state index contributed by atoms with van der Waals surface area (Å²) in [6, 6.07) is 15.7. The minimum Gasteiger partial charge on any atom is -0.461 e. The van der Waals surface area contributed by atoms with Crippen LogP contribution in [0.4, 0.5) is 0 Å². The summed E-state index contributed by atoms with van der Waals surface area (Å²) < 4.78 is 14.1. The monoisotopic (exact) mass is 488 g/mol. The first-order chi connectivity index (χ1) is 14.0. The van der Waals surface area contributed by atoms with Crippen LogP contribution in [-0.4, -0.2) is 20.7 Å². The summed E-state index contributed by atoms with van der Waals surface area (Å²) in [4.78, 5) is 11.1. The molecule has 0 aliphatic rings. The molecule has 0 radical (unpaired) electrons. The molecule has 148 valence electrons. The number of halogens is 1. The third-order valence-corrected chi connectivity index (χ3v) is 5.48. The van der Waals surface area contributed by atoms with Crippen molar-refractivity contribution in [3.8, 4) is 18.0 Å². The number of nitrogens with zero attached hydrogens (tertiary/aromatic N) is 3. The van der Waals surface area contributed by atoms with E-state index in [1.165, 1.54) is 28.6 Å². The average Bonchev–Trinajstić information content (AvgIpc) is 3.30. The van der Waals surface area contributed by atoms with E-state index in [1.807, 2.05) is 62.4 Å². The van der Waals surface area contributed by atoms with Crippen molar-refractivity contribution >= 4 is 59.2 Å². The van der Waals surface area contributed by atoms with Crippen molar-refractivity contribution in [2.45, 2.75) is 13.8 Å². The number of alkyl halides is 1. The lowest BCUT2D eigenvalue weighted by Crippen LogP contribution is -1.95. The van der Waals surface area contributed by atoms with Gasteiger partial charge >= 0.3 is 0 Å². The molecule has 0 saturated heterocycles. The molecular formula is C20H17BrN4O2S2. The van der Waals surface area contributed by atoms with E-state index < -0.39 is 0 Å². The summed E-state index contributed by atoms with van der Waals surface area (Å²) in [6.07, 6.45) is 0. The topological polar surface area (TPSA) is 103 Å². The minimum atomic E-state index is 0.0219. The lowest BCUT2D eigenvalue weighted by atomic mass is 10.2. The molecule has 0 amide bonds. The lowest BCUT2D eigenvalue weighted by molar-refractivity contribution is 0.362. The first-order valence-electron chi connectivity index (χ1n) is 8.36. The highest BCUT2D eigenvalue weighted by atomic mass is 79.9. The Kier molecular flexibility index (Phi) is 8.81. The highest BCUT2D eigenvalue weighted by molar-refractivity contribution is 9.09. The van der Waals surface area contributed by atoms with E-state index in [4.69, 9.17) is 15.3 Å². The molecule has 0 bridgehead atoms. The molecule has 0 atom stereocenters. The van der Waals surface area contributed by atoms with Gasteiger partial charge in [-0.25, -0.2) is 0 Å². The molecule has 0 aliphatic carbocycles. The van der Waals surface area contributed by atoms with Crippen molar-refractivity contribution in [1.29, 1.82) is 10.5 Å². The zero-order valence-electron chi connectivity index (χ0n) is 15.7. The lowest BCUT2D eigenvalue weighted by Gasteiger charge is -1.97. The molecule has 0 fully saturated rings. The number of rotatable bonds is 2. The maximum atomic E-state index is 11.1. The molecule has 2 heterocycles. The third kappa shape index (κ3) is 6.40. The van der Waals surface area contributed by atoms with Crippen molar-refractivity contribution in [2.24, 2.45) is 0 Å². The van der Waals surface area contributed by atoms with E-state index in [2.05, 4.69) is 24.7 Å². The summed E-state index contributed by atoms with van der Waals surface area (Å²) in [7, 11) is 0. The second-order valence-electron chi connectivity index (χ2n) is 5.76. The zero-order valence-corrected chi connectivity index (χ0v) is 18.9. The van der Waals surface area contributed by atoms with Crippen LogP contribution >= 0.6 is 39.0 Å². The van der Waals surface area contributed by atoms with E-state index in [-0.39, 0.29) is 12.2 Å². The van der Waals surface area contributed by atoms with Crippen LogP contribution in [0.2, 0.25) is 0 Å². The largest absolute Gasteiger partial charge is 0.461 e. The van der Waals surface area contributed by atoms with Gasteiger partial charge in [-0.15, -0.1) is 0 Å². The van der Waals surface area contributed by atoms with Crippen molar-refractivity contribution < 1.29 is 4.74 Å². The average molecular weight is 489 g/mol. The Labute approximate surface area is 184 Å². The molecule has 4 rings (SSSR count). The van der Waals surface area contributed by atoms with Crippen molar-refractivity contribution in [3.63, 3.8) is 0 Å². The van der Waals surface area contributed by atoms with E-state index >= 15 is 0 Å². The van der Waals surface area contributed by atoms with Gasteiger partial charge in [0.05, 0.1) is 31.6 Å². The van der Waals surface area contributed by atoms with E-state index in [0.717, 1.165) is 25.7 Å². The van der Waals surface area contributed by atoms with Gasteiger partial charge in [-0.3, -0.25) is 9.17 Å². The van der Waals surface area contributed by atoms with Crippen molar-refractivity contribution in [2.75, 3.05) is 11.9 Å². The van der Waals surface area contributed by atoms with Gasteiger partial charge in [-0.2, -0.15) is 14.9 Å². The molecule has 0 spiro atoms. The standard InChI is InChI=1S/C10H8N2OS.C8H7NOS.C2H2BrN/c1-7-2-3-9-8(6-7)10(12-14-9)13-5-4-11;1-5-2-3-7-6(4-5)8(10)9-11-7;3-1-2-4/h2-3,6H,5H2,1H3;2-4H,1H3,(H,9,10);1H2. The molecule has 2 aromatic heterocycles. The molecule has 1 N–H and O–H groups in total. The molecule has 4 aromatic rings. The highest BCUT2D eigenvalue weighted by Crippen LogP contribution is 2.29. The molecule has 2 aromatic carbocycles. The van der Waals surface area contributed by atoms with Gasteiger partial charge in [-0.1, -0.05) is 50.7 Å². The summed E-state index contributed by atoms with van der Waals surface area (Å²) in [6.45, 7) is 4.05. The van der Waals surface area contributed by atoms with Crippen LogP contribution in [0.25, 0.3) is 20.2 Å². The Bertz CT molecular complexity index is 1230. The number of nitriles is 2. The van der Waals surface area contributed by atoms with Crippen LogP contribution in [0.5, 0.6) is 5.88 Å².